The third-order valence-electron chi connectivity index (χ3n) is 3.50. The molecule has 0 unspecified atom stereocenters. The Morgan fingerprint density at radius 3 is 2.52 bits per heavy atom. The molecule has 0 bridgehead atoms. The standard InChI is InChI=1S/C17H14Cl2N4O2S.ClH/c1-23-16(10-2-5-12(24)6-3-10)21-22-17(23)26-9-15(25)20-11-4-7-13(18)14(19)8-11;/h2-8,24H,9H2,1H3,(H,20,25);1H. The van der Waals surface area contributed by atoms with Crippen LogP contribution >= 0.6 is 47.4 Å². The van der Waals surface area contributed by atoms with Gasteiger partial charge in [-0.05, 0) is 42.5 Å². The van der Waals surface area contributed by atoms with E-state index in [2.05, 4.69) is 15.5 Å². The lowest BCUT2D eigenvalue weighted by Gasteiger charge is -2.06. The summed E-state index contributed by atoms with van der Waals surface area (Å²) in [5.74, 6) is 0.811. The number of hydrogen-bond acceptors (Lipinski definition) is 5. The number of phenols is 1. The van der Waals surface area contributed by atoms with Crippen molar-refractivity contribution in [3.63, 3.8) is 0 Å². The van der Waals surface area contributed by atoms with Gasteiger partial charge in [-0.1, -0.05) is 35.0 Å². The third kappa shape index (κ3) is 5.29. The van der Waals surface area contributed by atoms with Crippen LogP contribution < -0.4 is 5.32 Å². The number of halogens is 3. The highest BCUT2D eigenvalue weighted by Crippen LogP contribution is 2.26. The van der Waals surface area contributed by atoms with Crippen molar-refractivity contribution in [2.75, 3.05) is 11.1 Å². The van der Waals surface area contributed by atoms with E-state index in [0.717, 1.165) is 5.56 Å². The minimum atomic E-state index is -0.192. The van der Waals surface area contributed by atoms with Crippen LogP contribution in [0.5, 0.6) is 5.75 Å². The van der Waals surface area contributed by atoms with Crippen LogP contribution in [0.3, 0.4) is 0 Å². The molecule has 6 nitrogen and oxygen atoms in total. The zero-order valence-corrected chi connectivity index (χ0v) is 17.2. The van der Waals surface area contributed by atoms with Crippen LogP contribution in [-0.4, -0.2) is 31.5 Å². The lowest BCUT2D eigenvalue weighted by molar-refractivity contribution is -0.113. The van der Waals surface area contributed by atoms with Crippen LogP contribution in [0.15, 0.2) is 47.6 Å². The molecule has 0 spiro atoms. The number of carbonyl (C=O) groups is 1. The largest absolute Gasteiger partial charge is 0.508 e. The second-order valence-electron chi connectivity index (χ2n) is 5.38. The summed E-state index contributed by atoms with van der Waals surface area (Å²) in [4.78, 5) is 12.1. The zero-order chi connectivity index (χ0) is 18.7. The molecule has 0 saturated carbocycles. The van der Waals surface area contributed by atoms with Gasteiger partial charge in [-0.2, -0.15) is 0 Å². The van der Waals surface area contributed by atoms with Gasteiger partial charge in [0.1, 0.15) is 5.75 Å². The Hall–Kier alpha value is -1.93. The van der Waals surface area contributed by atoms with E-state index in [9.17, 15) is 9.90 Å². The number of amides is 1. The molecule has 27 heavy (non-hydrogen) atoms. The summed E-state index contributed by atoms with van der Waals surface area (Å²) in [6.45, 7) is 0. The van der Waals surface area contributed by atoms with Crippen molar-refractivity contribution in [3.8, 4) is 17.1 Å². The highest BCUT2D eigenvalue weighted by atomic mass is 35.5. The predicted molar refractivity (Wildman–Crippen MR) is 111 cm³/mol. The minimum absolute atomic E-state index is 0. The Kier molecular flexibility index (Phi) is 7.38. The molecule has 2 N–H and O–H groups in total. The first-order chi connectivity index (χ1) is 12.4. The van der Waals surface area contributed by atoms with E-state index in [1.165, 1.54) is 11.8 Å². The lowest BCUT2D eigenvalue weighted by atomic mass is 10.2. The third-order valence-corrected chi connectivity index (χ3v) is 5.26. The molecule has 0 aliphatic rings. The van der Waals surface area contributed by atoms with E-state index in [-0.39, 0.29) is 29.8 Å². The Bertz CT molecular complexity index is 948. The molecule has 10 heteroatoms. The first-order valence-electron chi connectivity index (χ1n) is 7.50. The summed E-state index contributed by atoms with van der Waals surface area (Å²) >= 11 is 13.1. The van der Waals surface area contributed by atoms with Gasteiger partial charge in [0.25, 0.3) is 0 Å². The average molecular weight is 446 g/mol. The fourth-order valence-corrected chi connectivity index (χ4v) is 3.21. The van der Waals surface area contributed by atoms with E-state index in [1.807, 2.05) is 7.05 Å². The number of phenolic OH excluding ortho intramolecular Hbond substituents is 1. The van der Waals surface area contributed by atoms with Gasteiger partial charge in [-0.25, -0.2) is 0 Å². The molecule has 0 saturated heterocycles. The van der Waals surface area contributed by atoms with Crippen molar-refractivity contribution in [2.45, 2.75) is 5.16 Å². The number of nitrogens with one attached hydrogen (secondary N) is 1. The average Bonchev–Trinajstić information content (AvgIpc) is 2.98. The number of carbonyl (C=O) groups excluding carboxylic acids is 1. The number of benzene rings is 2. The van der Waals surface area contributed by atoms with Crippen LogP contribution in [0.2, 0.25) is 10.0 Å². The molecule has 0 aliphatic carbocycles. The molecule has 0 atom stereocenters. The summed E-state index contributed by atoms with van der Waals surface area (Å²) in [5, 5.41) is 21.8. The summed E-state index contributed by atoms with van der Waals surface area (Å²) in [5.41, 5.74) is 1.40. The number of nitrogens with zero attached hydrogens (tertiary/aromatic N) is 3. The highest BCUT2D eigenvalue weighted by molar-refractivity contribution is 7.99. The molecule has 2 aromatic carbocycles. The molecular weight excluding hydrogens is 431 g/mol. The fraction of sp³-hybridized carbons (Fsp3) is 0.118. The number of anilines is 1. The van der Waals surface area contributed by atoms with Gasteiger partial charge in [0, 0.05) is 18.3 Å². The van der Waals surface area contributed by atoms with Crippen LogP contribution in [0.1, 0.15) is 0 Å². The van der Waals surface area contributed by atoms with Crippen molar-refractivity contribution < 1.29 is 9.90 Å². The fourth-order valence-electron chi connectivity index (χ4n) is 2.20. The number of rotatable bonds is 5. The molecule has 1 amide bonds. The molecule has 0 fully saturated rings. The topological polar surface area (TPSA) is 80.0 Å². The monoisotopic (exact) mass is 444 g/mol. The molecule has 1 aromatic heterocycles. The summed E-state index contributed by atoms with van der Waals surface area (Å²) in [6, 6.07) is 11.6. The maximum atomic E-state index is 12.1. The zero-order valence-electron chi connectivity index (χ0n) is 14.0. The van der Waals surface area contributed by atoms with E-state index in [4.69, 9.17) is 23.2 Å². The van der Waals surface area contributed by atoms with Gasteiger partial charge >= 0.3 is 0 Å². The first kappa shape index (κ1) is 21.4. The van der Waals surface area contributed by atoms with Gasteiger partial charge in [-0.15, -0.1) is 22.6 Å². The highest BCUT2D eigenvalue weighted by Gasteiger charge is 2.13. The van der Waals surface area contributed by atoms with Gasteiger partial charge in [0.15, 0.2) is 11.0 Å². The molecule has 0 aliphatic heterocycles. The van der Waals surface area contributed by atoms with Crippen LogP contribution in [0, 0.1) is 0 Å². The SMILES string of the molecule is Cl.Cn1c(SCC(=O)Nc2ccc(Cl)c(Cl)c2)nnc1-c1ccc(O)cc1. The Morgan fingerprint density at radius 2 is 1.85 bits per heavy atom. The normalized spacial score (nSPS) is 10.3. The van der Waals surface area contributed by atoms with Crippen molar-refractivity contribution in [2.24, 2.45) is 7.05 Å². The maximum Gasteiger partial charge on any atom is 0.234 e. The smallest absolute Gasteiger partial charge is 0.234 e. The van der Waals surface area contributed by atoms with Crippen molar-refractivity contribution >= 4 is 59.0 Å². The molecule has 142 valence electrons. The number of aromatic hydroxyl groups is 1. The predicted octanol–water partition coefficient (Wildman–Crippen LogP) is 4.65. The second kappa shape index (κ2) is 9.32. The summed E-state index contributed by atoms with van der Waals surface area (Å²) in [6.07, 6.45) is 0. The van der Waals surface area contributed by atoms with Gasteiger partial charge in [0.05, 0.1) is 15.8 Å². The van der Waals surface area contributed by atoms with Crippen molar-refractivity contribution in [1.82, 2.24) is 14.8 Å². The molecule has 3 aromatic rings. The lowest BCUT2D eigenvalue weighted by Crippen LogP contribution is -2.14. The Labute approximate surface area is 176 Å². The van der Waals surface area contributed by atoms with Crippen LogP contribution in [-0.2, 0) is 11.8 Å². The van der Waals surface area contributed by atoms with Gasteiger partial charge < -0.3 is 15.0 Å². The quantitative estimate of drug-likeness (QED) is 0.559. The van der Waals surface area contributed by atoms with E-state index >= 15 is 0 Å². The molecular formula is C17H15Cl3N4O2S. The van der Waals surface area contributed by atoms with E-state index < -0.39 is 0 Å². The summed E-state index contributed by atoms with van der Waals surface area (Å²) in [7, 11) is 1.82. The Morgan fingerprint density at radius 1 is 1.15 bits per heavy atom. The second-order valence-corrected chi connectivity index (χ2v) is 7.13. The number of thioether (sulfide) groups is 1. The molecule has 0 radical (unpaired) electrons. The van der Waals surface area contributed by atoms with Crippen LogP contribution in [0.25, 0.3) is 11.4 Å². The van der Waals surface area contributed by atoms with Gasteiger partial charge in [0.2, 0.25) is 5.91 Å². The number of aromatic nitrogens is 3. The maximum absolute atomic E-state index is 12.1. The van der Waals surface area contributed by atoms with E-state index in [0.29, 0.717) is 26.7 Å². The van der Waals surface area contributed by atoms with Gasteiger partial charge in [-0.3, -0.25) is 4.79 Å². The van der Waals surface area contributed by atoms with E-state index in [1.54, 1.807) is 47.0 Å². The summed E-state index contributed by atoms with van der Waals surface area (Å²) < 4.78 is 1.80. The molecule has 1 heterocycles. The minimum Gasteiger partial charge on any atom is -0.508 e. The van der Waals surface area contributed by atoms with Crippen molar-refractivity contribution in [3.05, 3.63) is 52.5 Å². The molecule has 3 rings (SSSR count). The first-order valence-corrected chi connectivity index (χ1v) is 9.24. The Balaban J connectivity index is 0.00000261. The van der Waals surface area contributed by atoms with Crippen molar-refractivity contribution in [1.29, 1.82) is 0 Å². The van der Waals surface area contributed by atoms with Crippen LogP contribution in [0.4, 0.5) is 5.69 Å². The number of hydrogen-bond donors (Lipinski definition) is 2.